The van der Waals surface area contributed by atoms with Gasteiger partial charge in [0.2, 0.25) is 5.69 Å². The molecule has 21 heavy (non-hydrogen) atoms. The van der Waals surface area contributed by atoms with Gasteiger partial charge in [0, 0.05) is 25.0 Å². The van der Waals surface area contributed by atoms with E-state index >= 15 is 0 Å². The van der Waals surface area contributed by atoms with Gasteiger partial charge in [0.05, 0.1) is 0 Å². The Labute approximate surface area is 123 Å². The van der Waals surface area contributed by atoms with Crippen LogP contribution in [0.4, 0.5) is 4.79 Å². The predicted molar refractivity (Wildman–Crippen MR) is 75.6 cm³/mol. The zero-order chi connectivity index (χ0) is 15.1. The molecule has 1 aromatic heterocycles. The lowest BCUT2D eigenvalue weighted by atomic mass is 9.93. The van der Waals surface area contributed by atoms with Gasteiger partial charge in [0.1, 0.15) is 12.2 Å². The number of hydrogen-bond donors (Lipinski definition) is 2. The van der Waals surface area contributed by atoms with Crippen molar-refractivity contribution in [1.82, 2.24) is 20.6 Å². The van der Waals surface area contributed by atoms with Crippen molar-refractivity contribution in [3.05, 3.63) is 18.1 Å². The average molecular weight is 289 g/mol. The largest absolute Gasteiger partial charge is 0.472 e. The van der Waals surface area contributed by atoms with Gasteiger partial charge < -0.3 is 15.4 Å². The highest BCUT2D eigenvalue weighted by atomic mass is 16.5. The van der Waals surface area contributed by atoms with Gasteiger partial charge >= 0.3 is 6.03 Å². The highest BCUT2D eigenvalue weighted by Gasteiger charge is 2.24. The number of urea groups is 1. The van der Waals surface area contributed by atoms with Crippen LogP contribution in [0.1, 0.15) is 38.3 Å². The van der Waals surface area contributed by atoms with Crippen LogP contribution in [0, 0.1) is 11.3 Å². The van der Waals surface area contributed by atoms with Crippen molar-refractivity contribution in [3.8, 4) is 11.9 Å². The van der Waals surface area contributed by atoms with Crippen molar-refractivity contribution in [2.75, 3.05) is 6.54 Å². The summed E-state index contributed by atoms with van der Waals surface area (Å²) < 4.78 is 5.75. The molecular weight excluding hydrogens is 270 g/mol. The normalized spacial score (nSPS) is 21.1. The Morgan fingerprint density at radius 3 is 2.76 bits per heavy atom. The Kier molecular flexibility index (Phi) is 5.32. The molecule has 7 heteroatoms. The first-order chi connectivity index (χ1) is 10.2. The summed E-state index contributed by atoms with van der Waals surface area (Å²) in [7, 11) is 0. The molecule has 0 bridgehead atoms. The predicted octanol–water partition coefficient (Wildman–Crippen LogP) is 1.36. The summed E-state index contributed by atoms with van der Waals surface area (Å²) in [5.41, 5.74) is 0.208. The van der Waals surface area contributed by atoms with Crippen LogP contribution in [0.3, 0.4) is 0 Å². The summed E-state index contributed by atoms with van der Waals surface area (Å²) in [5, 5.41) is 14.6. The molecule has 0 radical (unpaired) electrons. The van der Waals surface area contributed by atoms with Crippen LogP contribution >= 0.6 is 0 Å². The second-order valence-electron chi connectivity index (χ2n) is 4.92. The molecule has 1 saturated carbocycles. The molecule has 2 N–H and O–H groups in total. The number of hydrogen-bond acceptors (Lipinski definition) is 5. The summed E-state index contributed by atoms with van der Waals surface area (Å²) in [6, 6.07) is 2.02. The van der Waals surface area contributed by atoms with Gasteiger partial charge in [-0.25, -0.2) is 14.8 Å². The Balaban J connectivity index is 1.82. The molecule has 7 nitrogen and oxygen atoms in total. The summed E-state index contributed by atoms with van der Waals surface area (Å²) >= 11 is 0. The van der Waals surface area contributed by atoms with E-state index in [2.05, 4.69) is 20.6 Å². The van der Waals surface area contributed by atoms with Gasteiger partial charge in [-0.3, -0.25) is 0 Å². The molecule has 2 amide bonds. The first-order valence-electron chi connectivity index (χ1n) is 7.15. The third-order valence-corrected chi connectivity index (χ3v) is 3.40. The summed E-state index contributed by atoms with van der Waals surface area (Å²) in [6.07, 6.45) is 6.34. The molecule has 1 aliphatic carbocycles. The number of nitriles is 1. The molecule has 0 aliphatic heterocycles. The highest BCUT2D eigenvalue weighted by molar-refractivity contribution is 5.74. The molecule has 0 unspecified atom stereocenters. The molecule has 2 rings (SSSR count). The van der Waals surface area contributed by atoms with Crippen molar-refractivity contribution >= 4 is 6.03 Å². The van der Waals surface area contributed by atoms with Gasteiger partial charge in [-0.15, -0.1) is 0 Å². The minimum absolute atomic E-state index is 0.0149. The molecule has 112 valence electrons. The van der Waals surface area contributed by atoms with E-state index in [1.165, 1.54) is 12.4 Å². The van der Waals surface area contributed by atoms with Gasteiger partial charge in [-0.05, 0) is 32.6 Å². The molecule has 0 atom stereocenters. The number of carbonyl (C=O) groups excluding carboxylic acids is 1. The van der Waals surface area contributed by atoms with Gasteiger partial charge in [0.15, 0.2) is 0 Å². The minimum atomic E-state index is -0.123. The van der Waals surface area contributed by atoms with E-state index in [0.29, 0.717) is 12.4 Å². The fourth-order valence-corrected chi connectivity index (χ4v) is 2.37. The average Bonchev–Trinajstić information content (AvgIpc) is 2.50. The quantitative estimate of drug-likeness (QED) is 0.871. The van der Waals surface area contributed by atoms with Gasteiger partial charge in [-0.2, -0.15) is 5.26 Å². The fraction of sp³-hybridized carbons (Fsp3) is 0.571. The molecule has 1 fully saturated rings. The smallest absolute Gasteiger partial charge is 0.314 e. The number of aromatic nitrogens is 2. The van der Waals surface area contributed by atoms with E-state index in [1.807, 2.05) is 13.0 Å². The van der Waals surface area contributed by atoms with Crippen molar-refractivity contribution in [1.29, 1.82) is 5.26 Å². The number of carbonyl (C=O) groups is 1. The highest BCUT2D eigenvalue weighted by Crippen LogP contribution is 2.23. The first kappa shape index (κ1) is 15.0. The molecule has 0 spiro atoms. The van der Waals surface area contributed by atoms with Crippen molar-refractivity contribution in [2.45, 2.75) is 44.8 Å². The van der Waals surface area contributed by atoms with E-state index in [1.54, 1.807) is 0 Å². The van der Waals surface area contributed by atoms with Crippen LogP contribution in [0.2, 0.25) is 0 Å². The van der Waals surface area contributed by atoms with E-state index in [9.17, 15) is 4.79 Å². The SMILES string of the molecule is CCNC(=O)NC1CCC(Oc2nccnc2C#N)CC1. The third-order valence-electron chi connectivity index (χ3n) is 3.40. The lowest BCUT2D eigenvalue weighted by Crippen LogP contribution is -2.44. The van der Waals surface area contributed by atoms with Gasteiger partial charge in [0.25, 0.3) is 5.88 Å². The standard InChI is InChI=1S/C14H19N5O2/c1-2-16-14(20)19-10-3-5-11(6-4-10)21-13-12(9-15)17-7-8-18-13/h7-8,10-11H,2-6H2,1H3,(H2,16,19,20). The molecule has 1 aliphatic rings. The van der Waals surface area contributed by atoms with E-state index < -0.39 is 0 Å². The van der Waals surface area contributed by atoms with Crippen LogP contribution in [0.15, 0.2) is 12.4 Å². The third kappa shape index (κ3) is 4.31. The Bertz CT molecular complexity index is 520. The number of rotatable bonds is 4. The first-order valence-corrected chi connectivity index (χ1v) is 7.15. The van der Waals surface area contributed by atoms with E-state index in [0.717, 1.165) is 25.7 Å². The fourth-order valence-electron chi connectivity index (χ4n) is 2.37. The summed E-state index contributed by atoms with van der Waals surface area (Å²) in [5.74, 6) is 0.292. The summed E-state index contributed by atoms with van der Waals surface area (Å²) in [4.78, 5) is 19.4. The number of nitrogens with zero attached hydrogens (tertiary/aromatic N) is 3. The van der Waals surface area contributed by atoms with Crippen molar-refractivity contribution in [3.63, 3.8) is 0 Å². The summed E-state index contributed by atoms with van der Waals surface area (Å²) in [6.45, 7) is 2.51. The second-order valence-corrected chi connectivity index (χ2v) is 4.92. The molecular formula is C14H19N5O2. The Hall–Kier alpha value is -2.36. The second kappa shape index (κ2) is 7.43. The topological polar surface area (TPSA) is 99.9 Å². The lowest BCUT2D eigenvalue weighted by Gasteiger charge is -2.29. The van der Waals surface area contributed by atoms with Crippen LogP contribution < -0.4 is 15.4 Å². The molecule has 0 saturated heterocycles. The van der Waals surface area contributed by atoms with Gasteiger partial charge in [-0.1, -0.05) is 0 Å². The minimum Gasteiger partial charge on any atom is -0.472 e. The number of ether oxygens (including phenoxy) is 1. The Morgan fingerprint density at radius 2 is 2.10 bits per heavy atom. The monoisotopic (exact) mass is 289 g/mol. The number of amides is 2. The molecule has 1 heterocycles. The van der Waals surface area contributed by atoms with Crippen LogP contribution in [-0.2, 0) is 0 Å². The van der Waals surface area contributed by atoms with Crippen LogP contribution in [0.25, 0.3) is 0 Å². The van der Waals surface area contributed by atoms with Crippen LogP contribution in [0.5, 0.6) is 5.88 Å². The maximum Gasteiger partial charge on any atom is 0.314 e. The number of nitrogens with one attached hydrogen (secondary N) is 2. The Morgan fingerprint density at radius 1 is 1.38 bits per heavy atom. The van der Waals surface area contributed by atoms with E-state index in [4.69, 9.17) is 10.00 Å². The van der Waals surface area contributed by atoms with Crippen LogP contribution in [-0.4, -0.2) is 34.7 Å². The van der Waals surface area contributed by atoms with E-state index in [-0.39, 0.29) is 23.9 Å². The van der Waals surface area contributed by atoms with Crippen molar-refractivity contribution < 1.29 is 9.53 Å². The molecule has 1 aromatic rings. The van der Waals surface area contributed by atoms with Crippen molar-refractivity contribution in [2.24, 2.45) is 0 Å². The maximum absolute atomic E-state index is 11.5. The lowest BCUT2D eigenvalue weighted by molar-refractivity contribution is 0.134. The maximum atomic E-state index is 11.5. The molecule has 0 aromatic carbocycles. The zero-order valence-electron chi connectivity index (χ0n) is 12.0. The zero-order valence-corrected chi connectivity index (χ0v) is 12.0.